The smallest absolute Gasteiger partial charge is 0.310 e. The summed E-state index contributed by atoms with van der Waals surface area (Å²) in [5, 5.41) is 28.1. The van der Waals surface area contributed by atoms with Gasteiger partial charge >= 0.3 is 5.69 Å². The van der Waals surface area contributed by atoms with Crippen LogP contribution < -0.4 is 5.73 Å². The molecule has 0 spiro atoms. The number of anilines is 1. The Balaban J connectivity index is 0. The van der Waals surface area contributed by atoms with Gasteiger partial charge in [-0.05, 0) is 43.2 Å². The SMILES string of the molecule is C.C.Cc1ccc(O)c(N)c1.Cc1ccc(O)c([N+](=O)[O-])c1. The number of phenolic OH excluding ortho intramolecular Hbond substituents is 2. The lowest BCUT2D eigenvalue weighted by molar-refractivity contribution is -0.385. The molecule has 4 N–H and O–H groups in total. The first-order chi connectivity index (χ1) is 9.31. The van der Waals surface area contributed by atoms with Crippen LogP contribution in [-0.2, 0) is 0 Å². The van der Waals surface area contributed by atoms with Crippen molar-refractivity contribution >= 4 is 11.4 Å². The van der Waals surface area contributed by atoms with E-state index < -0.39 is 4.92 Å². The second-order valence-corrected chi connectivity index (χ2v) is 4.31. The van der Waals surface area contributed by atoms with Gasteiger partial charge in [0.1, 0.15) is 5.75 Å². The molecule has 0 unspecified atom stereocenters. The van der Waals surface area contributed by atoms with Crippen LogP contribution in [-0.4, -0.2) is 15.1 Å². The molecule has 0 aliphatic rings. The van der Waals surface area contributed by atoms with Crippen LogP contribution in [0.2, 0.25) is 0 Å². The lowest BCUT2D eigenvalue weighted by Gasteiger charge is -1.97. The Hall–Kier alpha value is -2.76. The summed E-state index contributed by atoms with van der Waals surface area (Å²) in [5.74, 6) is -0.138. The second kappa shape index (κ2) is 9.23. The number of nitrogens with two attached hydrogens (primary N) is 1. The number of phenols is 2. The molecule has 2 aromatic carbocycles. The van der Waals surface area contributed by atoms with Crippen molar-refractivity contribution in [2.45, 2.75) is 28.7 Å². The van der Waals surface area contributed by atoms with E-state index in [0.717, 1.165) is 11.1 Å². The van der Waals surface area contributed by atoms with E-state index in [2.05, 4.69) is 0 Å². The first-order valence-electron chi connectivity index (χ1n) is 5.80. The average Bonchev–Trinajstić information content (AvgIpc) is 2.38. The number of rotatable bonds is 1. The summed E-state index contributed by atoms with van der Waals surface area (Å²) in [4.78, 5) is 9.61. The van der Waals surface area contributed by atoms with Gasteiger partial charge in [0.2, 0.25) is 0 Å². The van der Waals surface area contributed by atoms with Crippen LogP contribution in [0.1, 0.15) is 26.0 Å². The van der Waals surface area contributed by atoms with Crippen molar-refractivity contribution in [1.29, 1.82) is 0 Å². The maximum Gasteiger partial charge on any atom is 0.310 e. The maximum absolute atomic E-state index is 10.2. The number of hydrogen-bond donors (Lipinski definition) is 3. The van der Waals surface area contributed by atoms with E-state index in [1.165, 1.54) is 12.1 Å². The fourth-order valence-corrected chi connectivity index (χ4v) is 1.45. The van der Waals surface area contributed by atoms with Gasteiger partial charge in [-0.2, -0.15) is 0 Å². The third-order valence-corrected chi connectivity index (χ3v) is 2.51. The number of nitrogens with zero attached hydrogens (tertiary/aromatic N) is 1. The molecule has 0 aliphatic heterocycles. The number of nitrogen functional groups attached to an aromatic ring is 1. The van der Waals surface area contributed by atoms with Gasteiger partial charge in [0, 0.05) is 6.07 Å². The van der Waals surface area contributed by atoms with E-state index in [0.29, 0.717) is 5.69 Å². The van der Waals surface area contributed by atoms with E-state index >= 15 is 0 Å². The van der Waals surface area contributed by atoms with Crippen molar-refractivity contribution in [3.05, 3.63) is 57.6 Å². The van der Waals surface area contributed by atoms with Crippen molar-refractivity contribution in [3.8, 4) is 11.5 Å². The number of aromatic hydroxyl groups is 2. The van der Waals surface area contributed by atoms with Gasteiger partial charge in [-0.1, -0.05) is 27.0 Å². The minimum Gasteiger partial charge on any atom is -0.506 e. The maximum atomic E-state index is 10.2. The topological polar surface area (TPSA) is 110 Å². The van der Waals surface area contributed by atoms with Gasteiger partial charge in [0.05, 0.1) is 10.6 Å². The van der Waals surface area contributed by atoms with Gasteiger partial charge in [-0.15, -0.1) is 0 Å². The van der Waals surface area contributed by atoms with Crippen molar-refractivity contribution in [3.63, 3.8) is 0 Å². The molecule has 6 heteroatoms. The Morgan fingerprint density at radius 1 is 0.955 bits per heavy atom. The normalized spacial score (nSPS) is 8.64. The molecule has 0 radical (unpaired) electrons. The van der Waals surface area contributed by atoms with E-state index in [4.69, 9.17) is 15.9 Å². The van der Waals surface area contributed by atoms with Gasteiger partial charge in [-0.3, -0.25) is 10.1 Å². The molecular weight excluding hydrogens is 284 g/mol. The summed E-state index contributed by atoms with van der Waals surface area (Å²) in [7, 11) is 0. The van der Waals surface area contributed by atoms with Crippen molar-refractivity contribution in [2.24, 2.45) is 0 Å². The van der Waals surface area contributed by atoms with E-state index in [9.17, 15) is 10.1 Å². The molecule has 122 valence electrons. The predicted octanol–water partition coefficient (Wildman–Crippen LogP) is 4.16. The van der Waals surface area contributed by atoms with E-state index in [1.807, 2.05) is 13.0 Å². The van der Waals surface area contributed by atoms with Crippen LogP contribution in [0.25, 0.3) is 0 Å². The zero-order chi connectivity index (χ0) is 15.3. The van der Waals surface area contributed by atoms with Crippen LogP contribution in [0.4, 0.5) is 11.4 Å². The zero-order valence-corrected chi connectivity index (χ0v) is 11.2. The summed E-state index contributed by atoms with van der Waals surface area (Å²) in [6, 6.07) is 9.39. The molecule has 2 rings (SSSR count). The molecule has 0 aromatic heterocycles. The summed E-state index contributed by atoms with van der Waals surface area (Å²) < 4.78 is 0. The molecule has 0 fully saturated rings. The van der Waals surface area contributed by atoms with Crippen molar-refractivity contribution in [1.82, 2.24) is 0 Å². The fraction of sp³-hybridized carbons (Fsp3) is 0.250. The molecule has 0 bridgehead atoms. The molecule has 22 heavy (non-hydrogen) atoms. The number of aryl methyl sites for hydroxylation is 2. The van der Waals surface area contributed by atoms with Gasteiger partial charge in [-0.25, -0.2) is 0 Å². The Kier molecular flexibility index (Phi) is 9.03. The first kappa shape index (κ1) is 21.5. The largest absolute Gasteiger partial charge is 0.506 e. The Bertz CT molecular complexity index is 628. The molecule has 0 saturated carbocycles. The molecule has 2 aromatic rings. The molecule has 0 aliphatic carbocycles. The first-order valence-corrected chi connectivity index (χ1v) is 5.80. The lowest BCUT2D eigenvalue weighted by atomic mass is 10.2. The summed E-state index contributed by atoms with van der Waals surface area (Å²) in [5.41, 5.74) is 7.38. The standard InChI is InChI=1S/C7H7NO3.C7H9NO.2CH4/c1-5-2-3-7(9)6(4-5)8(10)11;1-5-2-3-7(9)6(8)4-5;;/h2-4,9H,1H3;2-4,9H,8H2,1H3;2*1H4. The Morgan fingerprint density at radius 2 is 1.41 bits per heavy atom. The highest BCUT2D eigenvalue weighted by atomic mass is 16.6. The Morgan fingerprint density at radius 3 is 1.77 bits per heavy atom. The predicted molar refractivity (Wildman–Crippen MR) is 90.2 cm³/mol. The minimum atomic E-state index is -0.609. The fourth-order valence-electron chi connectivity index (χ4n) is 1.45. The number of nitro benzene ring substituents is 1. The highest BCUT2D eigenvalue weighted by Crippen LogP contribution is 2.25. The number of nitro groups is 1. The van der Waals surface area contributed by atoms with E-state index in [-0.39, 0.29) is 32.0 Å². The molecule has 0 atom stereocenters. The van der Waals surface area contributed by atoms with E-state index in [1.54, 1.807) is 25.1 Å². The quantitative estimate of drug-likeness (QED) is 0.317. The molecule has 0 amide bonds. The number of hydrogen-bond acceptors (Lipinski definition) is 5. The lowest BCUT2D eigenvalue weighted by Crippen LogP contribution is -1.88. The van der Waals surface area contributed by atoms with Gasteiger partial charge in [0.25, 0.3) is 0 Å². The highest BCUT2D eigenvalue weighted by Gasteiger charge is 2.11. The van der Waals surface area contributed by atoms with Crippen LogP contribution in [0.15, 0.2) is 36.4 Å². The molecule has 6 nitrogen and oxygen atoms in total. The molecule has 0 saturated heterocycles. The number of benzene rings is 2. The third-order valence-electron chi connectivity index (χ3n) is 2.51. The van der Waals surface area contributed by atoms with Crippen molar-refractivity contribution < 1.29 is 15.1 Å². The van der Waals surface area contributed by atoms with Crippen LogP contribution in [0, 0.1) is 24.0 Å². The second-order valence-electron chi connectivity index (χ2n) is 4.31. The average molecular weight is 308 g/mol. The zero-order valence-electron chi connectivity index (χ0n) is 11.2. The van der Waals surface area contributed by atoms with Crippen LogP contribution in [0.5, 0.6) is 11.5 Å². The van der Waals surface area contributed by atoms with Crippen LogP contribution >= 0.6 is 0 Å². The molecule has 0 heterocycles. The minimum absolute atomic E-state index is 0. The summed E-state index contributed by atoms with van der Waals surface area (Å²) >= 11 is 0. The third kappa shape index (κ3) is 6.13. The summed E-state index contributed by atoms with van der Waals surface area (Å²) in [6.07, 6.45) is 0. The molecular formula is C16H24N2O4. The van der Waals surface area contributed by atoms with Gasteiger partial charge < -0.3 is 15.9 Å². The van der Waals surface area contributed by atoms with Gasteiger partial charge in [0.15, 0.2) is 5.75 Å². The Labute approximate surface area is 131 Å². The van der Waals surface area contributed by atoms with Crippen molar-refractivity contribution in [2.75, 3.05) is 5.73 Å². The highest BCUT2D eigenvalue weighted by molar-refractivity contribution is 5.52. The summed E-state index contributed by atoms with van der Waals surface area (Å²) in [6.45, 7) is 3.66. The monoisotopic (exact) mass is 308 g/mol. The van der Waals surface area contributed by atoms with Crippen LogP contribution in [0.3, 0.4) is 0 Å².